The second kappa shape index (κ2) is 7.25. The number of carbonyl (C=O) groups excluding carboxylic acids is 4. The zero-order chi connectivity index (χ0) is 14.3. The molecule has 0 aliphatic rings. The van der Waals surface area contributed by atoms with Crippen molar-refractivity contribution in [2.75, 3.05) is 0 Å². The van der Waals surface area contributed by atoms with Crippen molar-refractivity contribution in [3.8, 4) is 0 Å². The van der Waals surface area contributed by atoms with E-state index in [0.29, 0.717) is 0 Å². The van der Waals surface area contributed by atoms with Crippen LogP contribution in [0.15, 0.2) is 0 Å². The van der Waals surface area contributed by atoms with E-state index in [9.17, 15) is 19.2 Å². The first kappa shape index (κ1) is 15.9. The molecule has 18 heavy (non-hydrogen) atoms. The number of primary amides is 2. The van der Waals surface area contributed by atoms with Crippen LogP contribution in [0.2, 0.25) is 0 Å². The summed E-state index contributed by atoms with van der Waals surface area (Å²) in [5, 5.41) is 0. The molecule has 2 atom stereocenters. The Morgan fingerprint density at radius 1 is 0.833 bits per heavy atom. The Morgan fingerprint density at radius 2 is 1.11 bits per heavy atom. The van der Waals surface area contributed by atoms with Crippen LogP contribution in [0.5, 0.6) is 0 Å². The Morgan fingerprint density at radius 3 is 1.28 bits per heavy atom. The van der Waals surface area contributed by atoms with Gasteiger partial charge in [-0.1, -0.05) is 13.8 Å². The second-order valence-corrected chi connectivity index (χ2v) is 3.33. The fourth-order valence-electron chi connectivity index (χ4n) is 0.988. The van der Waals surface area contributed by atoms with Crippen molar-refractivity contribution in [1.82, 2.24) is 0 Å². The molecule has 0 aliphatic carbocycles. The maximum absolute atomic E-state index is 11.1. The summed E-state index contributed by atoms with van der Waals surface area (Å²) in [5.41, 5.74) is 9.96. The average Bonchev–Trinajstić information content (AvgIpc) is 2.31. The molecule has 0 bridgehead atoms. The SMILES string of the molecule is CCC(=O)OC(C(N)=O)C(OC(=O)CC)C(N)=O. The van der Waals surface area contributed by atoms with Gasteiger partial charge >= 0.3 is 11.9 Å². The van der Waals surface area contributed by atoms with Gasteiger partial charge in [0.1, 0.15) is 0 Å². The summed E-state index contributed by atoms with van der Waals surface area (Å²) < 4.78 is 9.28. The fraction of sp³-hybridized carbons (Fsp3) is 0.600. The summed E-state index contributed by atoms with van der Waals surface area (Å²) in [6, 6.07) is 0. The van der Waals surface area contributed by atoms with Crippen LogP contribution >= 0.6 is 0 Å². The van der Waals surface area contributed by atoms with E-state index >= 15 is 0 Å². The molecular formula is C10H16N2O6. The number of nitrogens with two attached hydrogens (primary N) is 2. The molecule has 0 aromatic carbocycles. The van der Waals surface area contributed by atoms with Crippen LogP contribution in [0.25, 0.3) is 0 Å². The first-order chi connectivity index (χ1) is 8.33. The van der Waals surface area contributed by atoms with Crippen LogP contribution in [0, 0.1) is 0 Å². The van der Waals surface area contributed by atoms with Gasteiger partial charge in [0, 0.05) is 12.8 Å². The number of carbonyl (C=O) groups is 4. The van der Waals surface area contributed by atoms with Crippen LogP contribution in [-0.2, 0) is 28.7 Å². The molecule has 4 N–H and O–H groups in total. The molecule has 0 rings (SSSR count). The lowest BCUT2D eigenvalue weighted by Gasteiger charge is -2.21. The van der Waals surface area contributed by atoms with Crippen molar-refractivity contribution in [3.63, 3.8) is 0 Å². The summed E-state index contributed by atoms with van der Waals surface area (Å²) >= 11 is 0. The number of hydrogen-bond donors (Lipinski definition) is 2. The highest BCUT2D eigenvalue weighted by molar-refractivity contribution is 5.92. The zero-order valence-electron chi connectivity index (χ0n) is 10.2. The number of esters is 2. The van der Waals surface area contributed by atoms with Crippen LogP contribution < -0.4 is 11.5 Å². The van der Waals surface area contributed by atoms with Crippen molar-refractivity contribution in [2.24, 2.45) is 11.5 Å². The van der Waals surface area contributed by atoms with Gasteiger partial charge in [-0.15, -0.1) is 0 Å². The smallest absolute Gasteiger partial charge is 0.306 e. The van der Waals surface area contributed by atoms with E-state index in [1.54, 1.807) is 0 Å². The molecule has 8 nitrogen and oxygen atoms in total. The minimum absolute atomic E-state index is 0.0308. The molecular weight excluding hydrogens is 244 g/mol. The molecule has 0 aromatic heterocycles. The van der Waals surface area contributed by atoms with Crippen molar-refractivity contribution in [2.45, 2.75) is 38.9 Å². The maximum atomic E-state index is 11.1. The highest BCUT2D eigenvalue weighted by atomic mass is 16.6. The quantitative estimate of drug-likeness (QED) is 0.540. The van der Waals surface area contributed by atoms with E-state index in [4.69, 9.17) is 11.5 Å². The molecule has 0 fully saturated rings. The van der Waals surface area contributed by atoms with E-state index in [2.05, 4.69) is 9.47 Å². The average molecular weight is 260 g/mol. The minimum Gasteiger partial charge on any atom is -0.448 e. The molecule has 0 saturated carbocycles. The second-order valence-electron chi connectivity index (χ2n) is 3.33. The van der Waals surface area contributed by atoms with Crippen molar-refractivity contribution in [3.05, 3.63) is 0 Å². The number of hydrogen-bond acceptors (Lipinski definition) is 6. The van der Waals surface area contributed by atoms with Crippen molar-refractivity contribution in [1.29, 1.82) is 0 Å². The van der Waals surface area contributed by atoms with Crippen LogP contribution in [0.4, 0.5) is 0 Å². The van der Waals surface area contributed by atoms with Gasteiger partial charge in [0.25, 0.3) is 11.8 Å². The first-order valence-electron chi connectivity index (χ1n) is 5.31. The molecule has 8 heteroatoms. The van der Waals surface area contributed by atoms with Gasteiger partial charge in [0.05, 0.1) is 0 Å². The lowest BCUT2D eigenvalue weighted by atomic mass is 10.1. The monoisotopic (exact) mass is 260 g/mol. The molecule has 0 aromatic rings. The van der Waals surface area contributed by atoms with Crippen molar-refractivity contribution >= 4 is 23.8 Å². The molecule has 0 aliphatic heterocycles. The Kier molecular flexibility index (Phi) is 6.40. The van der Waals surface area contributed by atoms with Crippen molar-refractivity contribution < 1.29 is 28.7 Å². The number of amides is 2. The molecule has 0 radical (unpaired) electrons. The topological polar surface area (TPSA) is 139 Å². The number of ether oxygens (including phenoxy) is 2. The summed E-state index contributed by atoms with van der Waals surface area (Å²) in [4.78, 5) is 44.4. The molecule has 102 valence electrons. The highest BCUT2D eigenvalue weighted by Gasteiger charge is 2.37. The predicted molar refractivity (Wildman–Crippen MR) is 58.7 cm³/mol. The molecule has 0 spiro atoms. The lowest BCUT2D eigenvalue weighted by molar-refractivity contribution is -0.174. The largest absolute Gasteiger partial charge is 0.448 e. The van der Waals surface area contributed by atoms with E-state index < -0.39 is 36.0 Å². The van der Waals surface area contributed by atoms with Crippen LogP contribution in [0.3, 0.4) is 0 Å². The van der Waals surface area contributed by atoms with E-state index in [0.717, 1.165) is 0 Å². The summed E-state index contributed by atoms with van der Waals surface area (Å²) in [6.45, 7) is 2.97. The standard InChI is InChI=1S/C10H16N2O6/c1-3-5(13)17-7(9(11)15)8(10(12)16)18-6(14)4-2/h7-8H,3-4H2,1-2H3,(H2,11,15)(H2,12,16). The van der Waals surface area contributed by atoms with Crippen LogP contribution in [0.1, 0.15) is 26.7 Å². The predicted octanol–water partition coefficient (Wildman–Crippen LogP) is -1.40. The summed E-state index contributed by atoms with van der Waals surface area (Å²) in [5.74, 6) is -3.77. The van der Waals surface area contributed by atoms with Gasteiger partial charge in [-0.05, 0) is 0 Å². The normalized spacial score (nSPS) is 13.2. The van der Waals surface area contributed by atoms with Gasteiger partial charge in [-0.2, -0.15) is 0 Å². The van der Waals surface area contributed by atoms with E-state index in [-0.39, 0.29) is 12.8 Å². The van der Waals surface area contributed by atoms with E-state index in [1.165, 1.54) is 13.8 Å². The Bertz CT molecular complexity index is 320. The number of rotatable bonds is 7. The van der Waals surface area contributed by atoms with Gasteiger partial charge in [0.15, 0.2) is 0 Å². The Balaban J connectivity index is 4.99. The fourth-order valence-corrected chi connectivity index (χ4v) is 0.988. The van der Waals surface area contributed by atoms with Gasteiger partial charge in [-0.25, -0.2) is 0 Å². The molecule has 2 unspecified atom stereocenters. The zero-order valence-corrected chi connectivity index (χ0v) is 10.2. The van der Waals surface area contributed by atoms with Crippen LogP contribution in [-0.4, -0.2) is 36.0 Å². The third kappa shape index (κ3) is 4.81. The molecule has 2 amide bonds. The Hall–Kier alpha value is -2.12. The van der Waals surface area contributed by atoms with E-state index in [1.807, 2.05) is 0 Å². The summed E-state index contributed by atoms with van der Waals surface area (Å²) in [7, 11) is 0. The summed E-state index contributed by atoms with van der Waals surface area (Å²) in [6.07, 6.45) is -3.50. The molecule has 0 saturated heterocycles. The first-order valence-corrected chi connectivity index (χ1v) is 5.31. The maximum Gasteiger partial charge on any atom is 0.306 e. The third-order valence-corrected chi connectivity index (χ3v) is 1.93. The third-order valence-electron chi connectivity index (χ3n) is 1.93. The van der Waals surface area contributed by atoms with Gasteiger partial charge in [0.2, 0.25) is 12.2 Å². The van der Waals surface area contributed by atoms with Gasteiger partial charge in [-0.3, -0.25) is 19.2 Å². The minimum atomic E-state index is -1.72. The lowest BCUT2D eigenvalue weighted by Crippen LogP contribution is -2.50. The molecule has 0 heterocycles. The highest BCUT2D eigenvalue weighted by Crippen LogP contribution is 2.07. The van der Waals surface area contributed by atoms with Gasteiger partial charge < -0.3 is 20.9 Å². The Labute approximate surface area is 104 Å².